The van der Waals surface area contributed by atoms with Crippen molar-refractivity contribution >= 4 is 0 Å². The molecule has 0 atom stereocenters. The van der Waals surface area contributed by atoms with E-state index < -0.39 is 5.60 Å². The van der Waals surface area contributed by atoms with Crippen molar-refractivity contribution in [2.24, 2.45) is 0 Å². The number of ether oxygens (including phenoxy) is 1. The molecule has 1 aromatic heterocycles. The number of hydrogen-bond acceptors (Lipinski definition) is 3. The van der Waals surface area contributed by atoms with E-state index >= 15 is 0 Å². The largest absolute Gasteiger partial charge is 0.482 e. The maximum absolute atomic E-state index is 9.05. The molecule has 0 aliphatic carbocycles. The Morgan fingerprint density at radius 2 is 1.78 bits per heavy atom. The third-order valence-corrected chi connectivity index (χ3v) is 2.75. The van der Waals surface area contributed by atoms with Gasteiger partial charge in [0.1, 0.15) is 17.4 Å². The summed E-state index contributed by atoms with van der Waals surface area (Å²) in [6, 6.07) is 13.2. The van der Waals surface area contributed by atoms with Crippen molar-refractivity contribution in [3.63, 3.8) is 0 Å². The first-order valence-electron chi connectivity index (χ1n) is 5.72. The van der Waals surface area contributed by atoms with Crippen LogP contribution in [0.1, 0.15) is 25.0 Å². The lowest BCUT2D eigenvalue weighted by molar-refractivity contribution is 0.108. The molecule has 2 rings (SSSR count). The van der Waals surface area contributed by atoms with Crippen LogP contribution in [0.3, 0.4) is 0 Å². The van der Waals surface area contributed by atoms with Gasteiger partial charge < -0.3 is 4.74 Å². The molecule has 3 heteroatoms. The molecule has 2 aromatic rings. The fourth-order valence-electron chi connectivity index (χ4n) is 1.74. The van der Waals surface area contributed by atoms with Gasteiger partial charge in [-0.1, -0.05) is 12.1 Å². The molecular weight excluding hydrogens is 224 g/mol. The summed E-state index contributed by atoms with van der Waals surface area (Å²) in [4.78, 5) is 3.99. The first-order valence-corrected chi connectivity index (χ1v) is 5.72. The molecule has 0 saturated heterocycles. The summed E-state index contributed by atoms with van der Waals surface area (Å²) < 4.78 is 5.96. The highest BCUT2D eigenvalue weighted by molar-refractivity contribution is 5.43. The van der Waals surface area contributed by atoms with Crippen LogP contribution in [0.5, 0.6) is 5.75 Å². The average Bonchev–Trinajstić information content (AvgIpc) is 2.40. The zero-order chi connectivity index (χ0) is 13.0. The van der Waals surface area contributed by atoms with E-state index in [0.29, 0.717) is 11.3 Å². The molecule has 0 aliphatic rings. The van der Waals surface area contributed by atoms with Crippen molar-refractivity contribution in [3.05, 3.63) is 59.9 Å². The number of nitriles is 1. The lowest BCUT2D eigenvalue weighted by Crippen LogP contribution is -2.25. The van der Waals surface area contributed by atoms with Gasteiger partial charge in [-0.25, -0.2) is 0 Å². The van der Waals surface area contributed by atoms with Crippen molar-refractivity contribution < 1.29 is 4.74 Å². The highest BCUT2D eigenvalue weighted by Gasteiger charge is 2.23. The number of rotatable bonds is 3. The zero-order valence-electron chi connectivity index (χ0n) is 10.4. The van der Waals surface area contributed by atoms with Crippen molar-refractivity contribution in [1.29, 1.82) is 5.26 Å². The maximum atomic E-state index is 9.05. The van der Waals surface area contributed by atoms with Gasteiger partial charge in [-0.3, -0.25) is 4.98 Å². The van der Waals surface area contributed by atoms with E-state index in [0.717, 1.165) is 5.56 Å². The second-order valence-electron chi connectivity index (χ2n) is 4.46. The first kappa shape index (κ1) is 12.1. The minimum absolute atomic E-state index is 0.504. The normalized spacial score (nSPS) is 10.7. The summed E-state index contributed by atoms with van der Waals surface area (Å²) in [5.74, 6) is 0.599. The lowest BCUT2D eigenvalue weighted by atomic mass is 9.99. The van der Waals surface area contributed by atoms with Gasteiger partial charge in [0.25, 0.3) is 0 Å². The van der Waals surface area contributed by atoms with E-state index in [4.69, 9.17) is 10.00 Å². The van der Waals surface area contributed by atoms with Crippen LogP contribution in [0.25, 0.3) is 0 Å². The molecule has 0 amide bonds. The molecule has 90 valence electrons. The molecule has 1 aromatic carbocycles. The molecule has 0 unspecified atom stereocenters. The Morgan fingerprint density at radius 1 is 1.11 bits per heavy atom. The summed E-state index contributed by atoms with van der Waals surface area (Å²) in [6.45, 7) is 3.94. The predicted molar refractivity (Wildman–Crippen MR) is 69.0 cm³/mol. The fourth-order valence-corrected chi connectivity index (χ4v) is 1.74. The summed E-state index contributed by atoms with van der Waals surface area (Å²) in [7, 11) is 0. The second kappa shape index (κ2) is 4.89. The van der Waals surface area contributed by atoms with Gasteiger partial charge in [0, 0.05) is 12.4 Å². The predicted octanol–water partition coefficient (Wildman–Crippen LogP) is 3.27. The van der Waals surface area contributed by atoms with Gasteiger partial charge in [0.2, 0.25) is 0 Å². The topological polar surface area (TPSA) is 45.9 Å². The number of para-hydroxylation sites is 1. The van der Waals surface area contributed by atoms with Crippen LogP contribution in [0.2, 0.25) is 0 Å². The SMILES string of the molecule is CC(C)(Oc1ccccc1C#N)c1ccncc1. The van der Waals surface area contributed by atoms with E-state index in [9.17, 15) is 0 Å². The smallest absolute Gasteiger partial charge is 0.138 e. The van der Waals surface area contributed by atoms with Gasteiger partial charge in [0.05, 0.1) is 5.56 Å². The molecule has 18 heavy (non-hydrogen) atoms. The molecule has 1 heterocycles. The Labute approximate surface area is 107 Å². The van der Waals surface area contributed by atoms with E-state index in [1.807, 2.05) is 44.2 Å². The molecule has 0 aliphatic heterocycles. The fraction of sp³-hybridized carbons (Fsp3) is 0.200. The molecular formula is C15H14N2O. The van der Waals surface area contributed by atoms with E-state index in [2.05, 4.69) is 11.1 Å². The van der Waals surface area contributed by atoms with E-state index in [1.165, 1.54) is 0 Å². The third-order valence-electron chi connectivity index (χ3n) is 2.75. The Kier molecular flexibility index (Phi) is 3.29. The van der Waals surface area contributed by atoms with Crippen molar-refractivity contribution in [1.82, 2.24) is 4.98 Å². The van der Waals surface area contributed by atoms with Crippen molar-refractivity contribution in [2.75, 3.05) is 0 Å². The van der Waals surface area contributed by atoms with Gasteiger partial charge in [-0.2, -0.15) is 5.26 Å². The molecule has 0 spiro atoms. The molecule has 0 saturated carbocycles. The van der Waals surface area contributed by atoms with E-state index in [1.54, 1.807) is 18.5 Å². The van der Waals surface area contributed by atoms with Crippen LogP contribution in [0, 0.1) is 11.3 Å². The molecule has 0 fully saturated rings. The number of aromatic nitrogens is 1. The average molecular weight is 238 g/mol. The van der Waals surface area contributed by atoms with Crippen LogP contribution in [0.4, 0.5) is 0 Å². The van der Waals surface area contributed by atoms with Crippen molar-refractivity contribution in [2.45, 2.75) is 19.4 Å². The van der Waals surface area contributed by atoms with Gasteiger partial charge in [0.15, 0.2) is 0 Å². The standard InChI is InChI=1S/C15H14N2O/c1-15(2,13-7-9-17-10-8-13)18-14-6-4-3-5-12(14)11-16/h3-10H,1-2H3. The molecule has 0 N–H and O–H groups in total. The minimum Gasteiger partial charge on any atom is -0.482 e. The van der Waals surface area contributed by atoms with Crippen LogP contribution in [-0.4, -0.2) is 4.98 Å². The van der Waals surface area contributed by atoms with Crippen molar-refractivity contribution in [3.8, 4) is 11.8 Å². The number of hydrogen-bond donors (Lipinski definition) is 0. The monoisotopic (exact) mass is 238 g/mol. The van der Waals surface area contributed by atoms with Gasteiger partial charge in [-0.15, -0.1) is 0 Å². The summed E-state index contributed by atoms with van der Waals surface area (Å²) in [5, 5.41) is 9.05. The third kappa shape index (κ3) is 2.49. The summed E-state index contributed by atoms with van der Waals surface area (Å²) in [6.07, 6.45) is 3.47. The molecule has 3 nitrogen and oxygen atoms in total. The summed E-state index contributed by atoms with van der Waals surface area (Å²) in [5.41, 5.74) is 1.06. The molecule has 0 bridgehead atoms. The van der Waals surface area contributed by atoms with Gasteiger partial charge >= 0.3 is 0 Å². The van der Waals surface area contributed by atoms with Crippen LogP contribution in [0.15, 0.2) is 48.8 Å². The number of benzene rings is 1. The highest BCUT2D eigenvalue weighted by atomic mass is 16.5. The zero-order valence-corrected chi connectivity index (χ0v) is 10.4. The summed E-state index contributed by atoms with van der Waals surface area (Å²) >= 11 is 0. The quantitative estimate of drug-likeness (QED) is 0.824. The Bertz CT molecular complexity index is 571. The van der Waals surface area contributed by atoms with Crippen LogP contribution < -0.4 is 4.74 Å². The minimum atomic E-state index is -0.504. The van der Waals surface area contributed by atoms with Crippen LogP contribution >= 0.6 is 0 Å². The van der Waals surface area contributed by atoms with Crippen LogP contribution in [-0.2, 0) is 5.60 Å². The maximum Gasteiger partial charge on any atom is 0.138 e. The number of pyridine rings is 1. The second-order valence-corrected chi connectivity index (χ2v) is 4.46. The van der Waals surface area contributed by atoms with Gasteiger partial charge in [-0.05, 0) is 43.7 Å². The molecule has 0 radical (unpaired) electrons. The first-order chi connectivity index (χ1) is 8.63. The Balaban J connectivity index is 2.31. The lowest BCUT2D eigenvalue weighted by Gasteiger charge is -2.27. The Morgan fingerprint density at radius 3 is 2.44 bits per heavy atom. The number of nitrogens with zero attached hydrogens (tertiary/aromatic N) is 2. The van der Waals surface area contributed by atoms with E-state index in [-0.39, 0.29) is 0 Å². The Hall–Kier alpha value is -2.34. The highest BCUT2D eigenvalue weighted by Crippen LogP contribution is 2.29.